The summed E-state index contributed by atoms with van der Waals surface area (Å²) in [6, 6.07) is 2.51. The van der Waals surface area contributed by atoms with Gasteiger partial charge < -0.3 is 19.4 Å². The molecule has 0 bridgehead atoms. The summed E-state index contributed by atoms with van der Waals surface area (Å²) in [5, 5.41) is 4.75. The Hall–Kier alpha value is -3.15. The van der Waals surface area contributed by atoms with Crippen LogP contribution in [-0.4, -0.2) is 47.0 Å². The predicted octanol–water partition coefficient (Wildman–Crippen LogP) is 4.93. The molecule has 6 rings (SSSR count). The number of alkyl halides is 3. The second kappa shape index (κ2) is 7.42. The molecule has 8 nitrogen and oxygen atoms in total. The Morgan fingerprint density at radius 1 is 1.24 bits per heavy atom. The first-order valence-electron chi connectivity index (χ1n) is 11.2. The summed E-state index contributed by atoms with van der Waals surface area (Å²) in [6.45, 7) is 2.48. The number of hydrogen-bond acceptors (Lipinski definition) is 6. The molecule has 4 heterocycles. The van der Waals surface area contributed by atoms with Crippen molar-refractivity contribution in [3.63, 3.8) is 0 Å². The summed E-state index contributed by atoms with van der Waals surface area (Å²) >= 11 is 0.852. The maximum absolute atomic E-state index is 13.6. The number of pyridine rings is 1. The van der Waals surface area contributed by atoms with Crippen LogP contribution in [0.2, 0.25) is 0 Å². The van der Waals surface area contributed by atoms with Crippen LogP contribution in [-0.2, 0) is 19.8 Å². The number of amides is 1. The molecule has 12 heteroatoms. The maximum Gasteiger partial charge on any atom is 0.434 e. The third kappa shape index (κ3) is 3.42. The van der Waals surface area contributed by atoms with Gasteiger partial charge in [0.2, 0.25) is 0 Å². The van der Waals surface area contributed by atoms with Gasteiger partial charge in [-0.1, -0.05) is 0 Å². The highest BCUT2D eigenvalue weighted by atomic mass is 32.1. The SMILES string of the molecule is CCn1c(C(=O)N(C2CC2)C2CC2)cc2c3c(ncn3C)c(Nc3nc(C(F)(F)F)cs3)nc21. The van der Waals surface area contributed by atoms with Crippen molar-refractivity contribution in [1.29, 1.82) is 0 Å². The molecule has 0 aromatic carbocycles. The van der Waals surface area contributed by atoms with Crippen molar-refractivity contribution in [2.75, 3.05) is 5.32 Å². The Balaban J connectivity index is 1.48. The van der Waals surface area contributed by atoms with E-state index in [4.69, 9.17) is 4.98 Å². The van der Waals surface area contributed by atoms with Gasteiger partial charge in [0, 0.05) is 36.4 Å². The van der Waals surface area contributed by atoms with Crippen molar-refractivity contribution >= 4 is 50.3 Å². The van der Waals surface area contributed by atoms with Crippen molar-refractivity contribution in [3.8, 4) is 0 Å². The molecule has 2 saturated carbocycles. The third-order valence-electron chi connectivity index (χ3n) is 6.37. The minimum Gasteiger partial charge on any atom is -0.333 e. The first kappa shape index (κ1) is 21.4. The Kier molecular flexibility index (Phi) is 4.67. The summed E-state index contributed by atoms with van der Waals surface area (Å²) in [5.41, 5.74) is 1.47. The standard InChI is InChI=1S/C22H22F3N7OS/c1-3-31-14(20(33)32(11-4-5-11)12-6-7-12)8-13-17-16(26-10-30(17)2)18(28-19(13)31)29-21-27-15(9-34-21)22(23,24)25/h8-12H,3-7H2,1-2H3,(H,27,28,29). The molecule has 0 radical (unpaired) electrons. The van der Waals surface area contributed by atoms with Gasteiger partial charge in [-0.15, -0.1) is 11.3 Å². The zero-order valence-corrected chi connectivity index (χ0v) is 19.4. The lowest BCUT2D eigenvalue weighted by molar-refractivity contribution is -0.140. The molecule has 1 amide bonds. The van der Waals surface area contributed by atoms with Crippen molar-refractivity contribution in [2.24, 2.45) is 7.05 Å². The molecule has 2 aliphatic carbocycles. The first-order chi connectivity index (χ1) is 16.3. The molecule has 0 atom stereocenters. The largest absolute Gasteiger partial charge is 0.434 e. The van der Waals surface area contributed by atoms with E-state index in [0.717, 1.165) is 53.3 Å². The number of carbonyl (C=O) groups is 1. The van der Waals surface area contributed by atoms with Gasteiger partial charge in [-0.25, -0.2) is 15.0 Å². The van der Waals surface area contributed by atoms with Crippen molar-refractivity contribution in [3.05, 3.63) is 29.2 Å². The van der Waals surface area contributed by atoms with E-state index in [9.17, 15) is 18.0 Å². The van der Waals surface area contributed by atoms with Gasteiger partial charge in [-0.3, -0.25) is 4.79 Å². The van der Waals surface area contributed by atoms with Gasteiger partial charge >= 0.3 is 6.18 Å². The number of nitrogens with one attached hydrogen (secondary N) is 1. The normalized spacial score (nSPS) is 16.5. The molecule has 2 aliphatic rings. The minimum absolute atomic E-state index is 0.0180. The van der Waals surface area contributed by atoms with Crippen LogP contribution < -0.4 is 5.32 Å². The van der Waals surface area contributed by atoms with E-state index >= 15 is 0 Å². The summed E-state index contributed by atoms with van der Waals surface area (Å²) in [6.07, 6.45) is 1.28. The highest BCUT2D eigenvalue weighted by Gasteiger charge is 2.43. The van der Waals surface area contributed by atoms with Crippen LogP contribution in [0, 0.1) is 0 Å². The van der Waals surface area contributed by atoms with Crippen LogP contribution in [0.5, 0.6) is 0 Å². The Morgan fingerprint density at radius 2 is 1.94 bits per heavy atom. The summed E-state index contributed by atoms with van der Waals surface area (Å²) < 4.78 is 42.8. The van der Waals surface area contributed by atoms with E-state index in [1.807, 2.05) is 34.1 Å². The molecular formula is C22H22F3N7OS. The number of aryl methyl sites for hydroxylation is 2. The van der Waals surface area contributed by atoms with E-state index in [-0.39, 0.29) is 11.0 Å². The van der Waals surface area contributed by atoms with Crippen LogP contribution in [0.1, 0.15) is 48.8 Å². The number of thiazole rings is 1. The number of hydrogen-bond donors (Lipinski definition) is 1. The predicted molar refractivity (Wildman–Crippen MR) is 122 cm³/mol. The minimum atomic E-state index is -4.52. The van der Waals surface area contributed by atoms with Gasteiger partial charge in [0.25, 0.3) is 5.91 Å². The highest BCUT2D eigenvalue weighted by molar-refractivity contribution is 7.13. The lowest BCUT2D eigenvalue weighted by Crippen LogP contribution is -2.36. The fraction of sp³-hybridized carbons (Fsp3) is 0.455. The number of halogens is 3. The monoisotopic (exact) mass is 489 g/mol. The summed E-state index contributed by atoms with van der Waals surface area (Å²) in [7, 11) is 1.84. The van der Waals surface area contributed by atoms with E-state index in [2.05, 4.69) is 15.3 Å². The second-order valence-corrected chi connectivity index (χ2v) is 9.72. The zero-order chi connectivity index (χ0) is 23.8. The maximum atomic E-state index is 13.6. The first-order valence-corrected chi connectivity index (χ1v) is 12.1. The van der Waals surface area contributed by atoms with E-state index < -0.39 is 11.9 Å². The second-order valence-electron chi connectivity index (χ2n) is 8.86. The van der Waals surface area contributed by atoms with Crippen LogP contribution in [0.15, 0.2) is 17.8 Å². The Labute approximate surface area is 196 Å². The highest BCUT2D eigenvalue weighted by Crippen LogP contribution is 2.40. The third-order valence-corrected chi connectivity index (χ3v) is 7.13. The van der Waals surface area contributed by atoms with Gasteiger partial charge in [0.05, 0.1) is 11.8 Å². The Morgan fingerprint density at radius 3 is 2.53 bits per heavy atom. The van der Waals surface area contributed by atoms with Gasteiger partial charge in [0.1, 0.15) is 16.9 Å². The van der Waals surface area contributed by atoms with E-state index in [1.165, 1.54) is 0 Å². The quantitative estimate of drug-likeness (QED) is 0.416. The average Bonchev–Trinajstić information content (AvgIpc) is 3.68. The fourth-order valence-electron chi connectivity index (χ4n) is 4.53. The van der Waals surface area contributed by atoms with E-state index in [0.29, 0.717) is 41.3 Å². The molecular weight excluding hydrogens is 467 g/mol. The number of imidazole rings is 1. The smallest absolute Gasteiger partial charge is 0.333 e. The van der Waals surface area contributed by atoms with Crippen LogP contribution >= 0.6 is 11.3 Å². The molecule has 4 aromatic rings. The van der Waals surface area contributed by atoms with Crippen molar-refractivity contribution < 1.29 is 18.0 Å². The molecule has 4 aromatic heterocycles. The summed E-state index contributed by atoms with van der Waals surface area (Å²) in [5.74, 6) is 0.323. The molecule has 34 heavy (non-hydrogen) atoms. The van der Waals surface area contributed by atoms with Crippen LogP contribution in [0.3, 0.4) is 0 Å². The Bertz CT molecular complexity index is 1420. The number of fused-ring (bicyclic) bond motifs is 3. The van der Waals surface area contributed by atoms with E-state index in [1.54, 1.807) is 6.33 Å². The molecule has 0 spiro atoms. The lowest BCUT2D eigenvalue weighted by atomic mass is 10.2. The number of rotatable bonds is 6. The molecule has 0 saturated heterocycles. The molecule has 178 valence electrons. The fourth-order valence-corrected chi connectivity index (χ4v) is 5.24. The van der Waals surface area contributed by atoms with Gasteiger partial charge in [-0.05, 0) is 38.7 Å². The number of nitrogens with zero attached hydrogens (tertiary/aromatic N) is 6. The topological polar surface area (TPSA) is 80.9 Å². The summed E-state index contributed by atoms with van der Waals surface area (Å²) in [4.78, 5) is 28.5. The molecule has 1 N–H and O–H groups in total. The number of aromatic nitrogens is 5. The number of anilines is 2. The number of carbonyl (C=O) groups excluding carboxylic acids is 1. The lowest BCUT2D eigenvalue weighted by Gasteiger charge is -2.22. The van der Waals surface area contributed by atoms with Crippen molar-refractivity contribution in [2.45, 2.75) is 57.4 Å². The van der Waals surface area contributed by atoms with Crippen LogP contribution in [0.4, 0.5) is 24.1 Å². The van der Waals surface area contributed by atoms with Gasteiger partial charge in [0.15, 0.2) is 16.6 Å². The molecule has 2 fully saturated rings. The molecule has 0 aliphatic heterocycles. The average molecular weight is 490 g/mol. The molecule has 0 unspecified atom stereocenters. The zero-order valence-electron chi connectivity index (χ0n) is 18.6. The van der Waals surface area contributed by atoms with Crippen LogP contribution in [0.25, 0.3) is 22.1 Å². The van der Waals surface area contributed by atoms with Gasteiger partial charge in [-0.2, -0.15) is 13.2 Å². The van der Waals surface area contributed by atoms with Crippen molar-refractivity contribution in [1.82, 2.24) is 29.0 Å².